The Morgan fingerprint density at radius 3 is 1.11 bits per heavy atom. The first-order valence-corrected chi connectivity index (χ1v) is 47.4. The summed E-state index contributed by atoms with van der Waals surface area (Å²) in [5.41, 5.74) is 30.0. The molecular formula is C126H80N2OS3. The molecule has 0 radical (unpaired) electrons. The summed E-state index contributed by atoms with van der Waals surface area (Å²) in [6.07, 6.45) is 0. The van der Waals surface area contributed by atoms with Gasteiger partial charge in [0.1, 0.15) is 11.2 Å². The number of anilines is 6. The second-order valence-electron chi connectivity index (χ2n) is 34.1. The van der Waals surface area contributed by atoms with Gasteiger partial charge < -0.3 is 14.2 Å². The topological polar surface area (TPSA) is 19.6 Å². The molecule has 0 aliphatic carbocycles. The highest BCUT2D eigenvalue weighted by Crippen LogP contribution is 2.50. The minimum Gasteiger partial charge on any atom is -0.456 e. The summed E-state index contributed by atoms with van der Waals surface area (Å²) in [7, 11) is 0. The Balaban J connectivity index is 0.000000143. The molecule has 0 aliphatic rings. The number of benzene rings is 22. The summed E-state index contributed by atoms with van der Waals surface area (Å²) in [4.78, 5) is 4.73. The molecule has 4 aromatic heterocycles. The monoisotopic (exact) mass is 1730 g/mol. The maximum atomic E-state index is 6.13. The van der Waals surface area contributed by atoms with Crippen molar-refractivity contribution in [3.8, 4) is 100 Å². The van der Waals surface area contributed by atoms with Gasteiger partial charge in [-0.3, -0.25) is 0 Å². The lowest BCUT2D eigenvalue weighted by atomic mass is 9.94. The Morgan fingerprint density at radius 2 is 0.508 bits per heavy atom. The lowest BCUT2D eigenvalue weighted by Gasteiger charge is -2.26. The standard InChI is InChI=1S/C68H43NS2.C58H37NOS/c1-2-13-44(14-3-1)51-20-12-22-57(41-51)69(55-33-27-45(28-34-55)48-17-10-19-50(39-48)52-32-38-65-63(42-52)60-37-31-47-15-4-7-24-59(47)67(60)70-65)56-35-29-46(30-36-56)49-18-11-21-53(40-49)62-43-54-16-5-6-23-58(54)66-61-25-8-9-26-64(61)71-68(62)66;1-2-9-38(10-3-1)39-17-19-40(20-18-39)41-21-29-46(30-22-41)59(47-31-23-42(24-32-47)45-28-36-56-54(37-45)51-13-6-7-16-55(51)60-56)48-33-25-44(26-34-48)50-14-8-15-52-53-35-27-43-11-4-5-12-49(43)58(53)61-57(50)52/h1-43H;1-37H. The van der Waals surface area contributed by atoms with Gasteiger partial charge >= 0.3 is 0 Å². The fourth-order valence-corrected chi connectivity index (χ4v) is 23.6. The predicted molar refractivity (Wildman–Crippen MR) is 570 cm³/mol. The van der Waals surface area contributed by atoms with Gasteiger partial charge in [0.15, 0.2) is 0 Å². The van der Waals surface area contributed by atoms with Gasteiger partial charge in [-0.2, -0.15) is 0 Å². The van der Waals surface area contributed by atoms with E-state index in [2.05, 4.69) is 483 Å². The van der Waals surface area contributed by atoms with Crippen molar-refractivity contribution in [3.63, 3.8) is 0 Å². The summed E-state index contributed by atoms with van der Waals surface area (Å²) in [5.74, 6) is 0. The highest BCUT2D eigenvalue weighted by molar-refractivity contribution is 7.27. The minimum atomic E-state index is 0.906. The highest BCUT2D eigenvalue weighted by Gasteiger charge is 2.23. The Hall–Kier alpha value is -16.3. The number of thiophene rings is 3. The third kappa shape index (κ3) is 14.2. The highest BCUT2D eigenvalue weighted by atomic mass is 32.1. The van der Waals surface area contributed by atoms with Crippen LogP contribution in [0.4, 0.5) is 34.1 Å². The molecule has 0 saturated heterocycles. The normalized spacial score (nSPS) is 11.6. The second kappa shape index (κ2) is 33.1. The summed E-state index contributed by atoms with van der Waals surface area (Å²) in [6.45, 7) is 0. The van der Waals surface area contributed by atoms with Crippen molar-refractivity contribution in [1.82, 2.24) is 0 Å². The van der Waals surface area contributed by atoms with Crippen LogP contribution in [0, 0.1) is 0 Å². The smallest absolute Gasteiger partial charge is 0.135 e. The number of para-hydroxylation sites is 1. The quantitative estimate of drug-likeness (QED) is 0.102. The maximum absolute atomic E-state index is 6.13. The minimum absolute atomic E-state index is 0.906. The average molecular weight is 1730 g/mol. The van der Waals surface area contributed by atoms with Gasteiger partial charge in [-0.1, -0.05) is 358 Å². The number of furan rings is 1. The first-order chi connectivity index (χ1) is 65.4. The Morgan fingerprint density at radius 1 is 0.152 bits per heavy atom. The van der Waals surface area contributed by atoms with Gasteiger partial charge in [-0.25, -0.2) is 0 Å². The van der Waals surface area contributed by atoms with Gasteiger partial charge in [0.2, 0.25) is 0 Å². The van der Waals surface area contributed by atoms with E-state index in [9.17, 15) is 0 Å². The van der Waals surface area contributed by atoms with Crippen molar-refractivity contribution in [2.45, 2.75) is 0 Å². The van der Waals surface area contributed by atoms with Gasteiger partial charge in [0, 0.05) is 111 Å². The SMILES string of the molecule is c1ccc(-c2ccc(-c3ccc(N(c4ccc(-c5ccc6oc7ccccc7c6c5)cc4)c4ccc(-c5cccc6c5sc5c7ccccc7ccc65)cc4)cc3)cc2)cc1.c1ccc(-c2cccc(N(c3ccc(-c4cccc(-c5ccc6sc7c8ccccc8ccc7c6c5)c4)cc3)c3ccc(-c4cccc(-c5cc6ccccc6c6c5sc5ccccc56)c4)cc3)c2)cc1. The lowest BCUT2D eigenvalue weighted by molar-refractivity contribution is 0.669. The molecule has 6 heteroatoms. The molecule has 0 spiro atoms. The van der Waals surface area contributed by atoms with E-state index in [0.717, 1.165) is 67.2 Å². The number of nitrogens with zero attached hydrogens (tertiary/aromatic N) is 2. The molecule has 0 N–H and O–H groups in total. The molecule has 4 heterocycles. The fraction of sp³-hybridized carbons (Fsp3) is 0. The van der Waals surface area contributed by atoms with Crippen LogP contribution in [0.15, 0.2) is 490 Å². The molecule has 0 bridgehead atoms. The zero-order chi connectivity index (χ0) is 87.1. The van der Waals surface area contributed by atoms with Crippen molar-refractivity contribution in [2.75, 3.05) is 9.80 Å². The van der Waals surface area contributed by atoms with Crippen molar-refractivity contribution in [1.29, 1.82) is 0 Å². The lowest BCUT2D eigenvalue weighted by Crippen LogP contribution is -2.10. The van der Waals surface area contributed by atoms with E-state index in [1.807, 2.05) is 46.1 Å². The van der Waals surface area contributed by atoms with E-state index in [1.54, 1.807) is 0 Å². The van der Waals surface area contributed by atoms with E-state index in [0.29, 0.717) is 0 Å². The number of rotatable bonds is 15. The summed E-state index contributed by atoms with van der Waals surface area (Å²) in [5, 5.41) is 18.0. The third-order valence-electron chi connectivity index (χ3n) is 26.3. The zero-order valence-electron chi connectivity index (χ0n) is 71.7. The summed E-state index contributed by atoms with van der Waals surface area (Å²) >= 11 is 5.69. The molecule has 132 heavy (non-hydrogen) atoms. The van der Waals surface area contributed by atoms with Gasteiger partial charge in [-0.15, -0.1) is 34.0 Å². The molecule has 0 amide bonds. The molecule has 618 valence electrons. The van der Waals surface area contributed by atoms with E-state index in [4.69, 9.17) is 4.42 Å². The second-order valence-corrected chi connectivity index (χ2v) is 37.2. The predicted octanol–water partition coefficient (Wildman–Crippen LogP) is 37.8. The van der Waals surface area contributed by atoms with Gasteiger partial charge in [0.05, 0.1) is 0 Å². The molecule has 0 unspecified atom stereocenters. The van der Waals surface area contributed by atoms with Crippen LogP contribution in [-0.2, 0) is 0 Å². The van der Waals surface area contributed by atoms with E-state index in [1.165, 1.54) is 182 Å². The van der Waals surface area contributed by atoms with Crippen LogP contribution >= 0.6 is 34.0 Å². The molecule has 26 rings (SSSR count). The average Bonchev–Trinajstić information content (AvgIpc) is 1.57. The molecule has 0 saturated carbocycles. The molecular weight excluding hydrogens is 1650 g/mol. The van der Waals surface area contributed by atoms with Crippen LogP contribution in [0.2, 0.25) is 0 Å². The Kier molecular flexibility index (Phi) is 19.5. The van der Waals surface area contributed by atoms with Crippen molar-refractivity contribution < 1.29 is 4.42 Å². The van der Waals surface area contributed by atoms with Crippen molar-refractivity contribution in [3.05, 3.63) is 485 Å². The van der Waals surface area contributed by atoms with Gasteiger partial charge in [-0.05, 0) is 254 Å². The number of fused-ring (bicyclic) bond motifs is 18. The van der Waals surface area contributed by atoms with E-state index < -0.39 is 0 Å². The van der Waals surface area contributed by atoms with Gasteiger partial charge in [0.25, 0.3) is 0 Å². The van der Waals surface area contributed by atoms with E-state index >= 15 is 0 Å². The van der Waals surface area contributed by atoms with Crippen LogP contribution in [0.1, 0.15) is 0 Å². The number of hydrogen-bond donors (Lipinski definition) is 0. The molecule has 22 aromatic carbocycles. The van der Waals surface area contributed by atoms with Crippen LogP contribution in [0.5, 0.6) is 0 Å². The molecule has 0 fully saturated rings. The van der Waals surface area contributed by atoms with Crippen LogP contribution < -0.4 is 9.80 Å². The summed E-state index contributed by atoms with van der Waals surface area (Å²) < 4.78 is 14.1. The summed E-state index contributed by atoms with van der Waals surface area (Å²) in [6, 6.07) is 177. The molecule has 3 nitrogen and oxygen atoms in total. The number of hydrogen-bond acceptors (Lipinski definition) is 6. The zero-order valence-corrected chi connectivity index (χ0v) is 74.2. The Bertz CT molecular complexity index is 8920. The maximum Gasteiger partial charge on any atom is 0.135 e. The molecule has 0 atom stereocenters. The first kappa shape index (κ1) is 78.0. The fourth-order valence-electron chi connectivity index (χ4n) is 19.7. The largest absolute Gasteiger partial charge is 0.456 e. The van der Waals surface area contributed by atoms with Crippen molar-refractivity contribution in [2.24, 2.45) is 0 Å². The first-order valence-electron chi connectivity index (χ1n) is 44.9. The van der Waals surface area contributed by atoms with Crippen LogP contribution in [-0.4, -0.2) is 0 Å². The molecule has 26 aromatic rings. The van der Waals surface area contributed by atoms with Crippen LogP contribution in [0.25, 0.3) is 215 Å². The van der Waals surface area contributed by atoms with Crippen molar-refractivity contribution >= 4 is 183 Å². The molecule has 0 aliphatic heterocycles. The van der Waals surface area contributed by atoms with E-state index in [-0.39, 0.29) is 0 Å². The Labute approximate surface area is 776 Å². The van der Waals surface area contributed by atoms with Crippen LogP contribution in [0.3, 0.4) is 0 Å². The third-order valence-corrected chi connectivity index (χ3v) is 30.1.